The van der Waals surface area contributed by atoms with Crippen LogP contribution in [0.25, 0.3) is 0 Å². The van der Waals surface area contributed by atoms with E-state index in [1.807, 2.05) is 58.7 Å². The lowest BCUT2D eigenvalue weighted by Gasteiger charge is -2.35. The second-order valence-electron chi connectivity index (χ2n) is 26.2. The molecule has 28 heteroatoms. The van der Waals surface area contributed by atoms with Gasteiger partial charge in [-0.3, -0.25) is 0 Å². The number of halogens is 3. The molecule has 0 saturated carbocycles. The summed E-state index contributed by atoms with van der Waals surface area (Å²) in [5.74, 6) is 1.68. The Morgan fingerprint density at radius 2 is 0.663 bits per heavy atom. The van der Waals surface area contributed by atoms with Crippen molar-refractivity contribution in [2.24, 2.45) is 0 Å². The van der Waals surface area contributed by atoms with Crippen molar-refractivity contribution >= 4 is 113 Å². The summed E-state index contributed by atoms with van der Waals surface area (Å²) in [6, 6.07) is 35.6. The highest BCUT2D eigenvalue weighted by Crippen LogP contribution is 2.38. The molecule has 5 aromatic carbocycles. The quantitative estimate of drug-likeness (QED) is 0.0543. The second kappa shape index (κ2) is 37.4. The normalized spacial score (nSPS) is 20.6. The van der Waals surface area contributed by atoms with Gasteiger partial charge in [0.05, 0.1) is 71.2 Å². The van der Waals surface area contributed by atoms with Crippen LogP contribution in [0, 0.1) is 0 Å². The highest BCUT2D eigenvalue weighted by molar-refractivity contribution is 9.11. The van der Waals surface area contributed by atoms with E-state index in [0.717, 1.165) is 69.3 Å². The van der Waals surface area contributed by atoms with Gasteiger partial charge in [0.25, 0.3) is 0 Å². The topological polar surface area (TPSA) is 244 Å². The first-order chi connectivity index (χ1) is 46.4. The Hall–Kier alpha value is -2.53. The molecule has 0 atom stereocenters. The Morgan fingerprint density at radius 1 is 0.398 bits per heavy atom. The molecule has 6 heterocycles. The summed E-state index contributed by atoms with van der Waals surface area (Å²) in [6.45, 7) is 14.1. The summed E-state index contributed by atoms with van der Waals surface area (Å²) < 4.78 is 139. The zero-order valence-electron chi connectivity index (χ0n) is 57.3. The minimum atomic E-state index is -3.48. The number of hydrogen-bond donors (Lipinski definition) is 2. The molecule has 98 heavy (non-hydrogen) atoms. The maximum Gasteiger partial charge on any atom is 0.494 e. The minimum absolute atomic E-state index is 0.00148. The zero-order chi connectivity index (χ0) is 71.4. The highest BCUT2D eigenvalue weighted by atomic mass is 79.9. The number of sulfone groups is 3. The van der Waals surface area contributed by atoms with Crippen LogP contribution in [0.5, 0.6) is 5.75 Å². The van der Waals surface area contributed by atoms with E-state index in [9.17, 15) is 35.5 Å². The fourth-order valence-corrected chi connectivity index (χ4v) is 19.8. The van der Waals surface area contributed by atoms with Gasteiger partial charge >= 0.3 is 7.12 Å². The van der Waals surface area contributed by atoms with Crippen LogP contribution in [-0.2, 0) is 81.5 Å². The Morgan fingerprint density at radius 3 is 0.980 bits per heavy atom. The highest BCUT2D eigenvalue weighted by Gasteiger charge is 2.52. The lowest BCUT2D eigenvalue weighted by Crippen LogP contribution is -2.44. The van der Waals surface area contributed by atoms with Crippen molar-refractivity contribution < 1.29 is 87.4 Å². The third-order valence-electron chi connectivity index (χ3n) is 18.9. The van der Waals surface area contributed by atoms with E-state index in [1.165, 1.54) is 41.2 Å². The molecule has 0 aromatic heterocycles. The predicted molar refractivity (Wildman–Crippen MR) is 394 cm³/mol. The average Bonchev–Trinajstić information content (AvgIpc) is 1.57. The van der Waals surface area contributed by atoms with Crippen molar-refractivity contribution in [3.63, 3.8) is 0 Å². The summed E-state index contributed by atoms with van der Waals surface area (Å²) in [6.07, 6.45) is 7.00. The molecule has 6 aliphatic heterocycles. The first kappa shape index (κ1) is 82.8. The number of thioether (sulfide) groups is 2. The van der Waals surface area contributed by atoms with Gasteiger partial charge in [0.1, 0.15) is 5.75 Å². The number of aliphatic hydroxyl groups is 1. The number of phenolic OH excluding ortho intramolecular Hbond substituents is 1. The summed E-state index contributed by atoms with van der Waals surface area (Å²) in [5, 5.41) is 19.5. The monoisotopic (exact) mass is 1650 g/mol. The molecule has 11 rings (SSSR count). The fourth-order valence-electron chi connectivity index (χ4n) is 11.4. The van der Waals surface area contributed by atoms with Crippen LogP contribution in [0.15, 0.2) is 159 Å². The van der Waals surface area contributed by atoms with Crippen molar-refractivity contribution in [1.29, 1.82) is 0 Å². The number of methoxy groups -OCH3 is 4. The number of aromatic hydroxyl groups is 1. The molecule has 0 aliphatic carbocycles. The van der Waals surface area contributed by atoms with Gasteiger partial charge in [-0.2, -0.15) is 0 Å². The first-order valence-corrected chi connectivity index (χ1v) is 41.9. The SMILES string of the molecule is COC1(CS(=O)(=O)c2ccc(B3OC(C)(C)C(C)(C)O3)cc2)CCOCC1.COC1(CS(=O)(=O)c2ccc(Br)cc2)CCOCC1.COC1(CS(=O)(=O)c2ccc(O)cc2)CCOCC1.COC1(CSc2ccc(Br)cc2)CCOCC1.OC1(CSc2ccc(Br)cc2)CCOCC1. The lowest BCUT2D eigenvalue weighted by atomic mass is 9.79. The number of ether oxygens (including phenoxy) is 9. The maximum atomic E-state index is 12.9. The van der Waals surface area contributed by atoms with Crippen molar-refractivity contribution in [3.8, 4) is 5.75 Å². The number of benzene rings is 5. The number of hydrogen-bond acceptors (Lipinski definition) is 21. The second-order valence-corrected chi connectivity index (χ2v) is 37.0. The molecule has 6 fully saturated rings. The number of rotatable bonds is 20. The van der Waals surface area contributed by atoms with Gasteiger partial charge in [-0.05, 0) is 142 Å². The molecule has 6 aliphatic rings. The smallest absolute Gasteiger partial charge is 0.494 e. The van der Waals surface area contributed by atoms with Gasteiger partial charge in [0.2, 0.25) is 0 Å². The van der Waals surface area contributed by atoms with Crippen LogP contribution in [0.3, 0.4) is 0 Å². The predicted octanol–water partition coefficient (Wildman–Crippen LogP) is 12.6. The lowest BCUT2D eigenvalue weighted by molar-refractivity contribution is -0.0753. The minimum Gasteiger partial charge on any atom is -0.508 e. The van der Waals surface area contributed by atoms with Crippen molar-refractivity contribution in [2.75, 3.05) is 123 Å². The summed E-state index contributed by atoms with van der Waals surface area (Å²) in [5.41, 5.74) is -2.58. The van der Waals surface area contributed by atoms with E-state index in [4.69, 9.17) is 51.9 Å². The van der Waals surface area contributed by atoms with Gasteiger partial charge in [-0.25, -0.2) is 25.3 Å². The van der Waals surface area contributed by atoms with Gasteiger partial charge in [-0.1, -0.05) is 59.9 Å². The Kier molecular flexibility index (Phi) is 31.6. The summed E-state index contributed by atoms with van der Waals surface area (Å²) in [4.78, 5) is 3.30. The van der Waals surface area contributed by atoms with Crippen LogP contribution < -0.4 is 5.46 Å². The molecular weight excluding hydrogens is 1560 g/mol. The molecule has 5 aromatic rings. The molecule has 19 nitrogen and oxygen atoms in total. The van der Waals surface area contributed by atoms with E-state index >= 15 is 0 Å². The van der Waals surface area contributed by atoms with E-state index in [0.29, 0.717) is 96.3 Å². The summed E-state index contributed by atoms with van der Waals surface area (Å²) >= 11 is 13.7. The van der Waals surface area contributed by atoms with Crippen LogP contribution in [-0.4, -0.2) is 205 Å². The average molecular weight is 1650 g/mol. The van der Waals surface area contributed by atoms with Gasteiger partial charge in [0.15, 0.2) is 29.5 Å². The van der Waals surface area contributed by atoms with E-state index < -0.39 is 70.2 Å². The largest absolute Gasteiger partial charge is 0.508 e. The van der Waals surface area contributed by atoms with E-state index in [1.54, 1.807) is 74.5 Å². The molecule has 0 bridgehead atoms. The molecule has 544 valence electrons. The molecule has 0 amide bonds. The zero-order valence-corrected chi connectivity index (χ0v) is 66.2. The third kappa shape index (κ3) is 24.5. The maximum absolute atomic E-state index is 12.9. The molecule has 0 spiro atoms. The van der Waals surface area contributed by atoms with E-state index in [2.05, 4.69) is 84.2 Å². The van der Waals surface area contributed by atoms with Crippen LogP contribution in [0.2, 0.25) is 0 Å². The standard InChI is InChI=1S/C19H29BO6S.C13H17BrO4S.C13H17BrO2S.C13H18O5S.C12H15BrO2S/c1-17(2)18(3,4)26-20(25-17)15-6-8-16(9-7-15)27(21,22)14-19(23-5)10-12-24-13-11-19;1-17-13(6-8-18-9-7-13)10-19(15,16)12-4-2-11(14)3-5-12;1-15-13(6-8-16-9-7-13)10-17-12-4-2-11(14)3-5-12;1-17-13(6-8-18-9-7-13)10-19(15,16)12-4-2-11(14)3-5-12;13-10-1-3-11(4-2-10)16-9-12(14)5-7-15-8-6-12/h6-9H,10-14H2,1-5H3;2-5H,6-10H2,1H3;2-5H,6-10H2,1H3;2-5,14H,6-10H2,1H3;1-4,14H,5-9H2. The van der Waals surface area contributed by atoms with E-state index in [-0.39, 0.29) is 38.4 Å². The Bertz CT molecular complexity index is 3450. The van der Waals surface area contributed by atoms with Gasteiger partial charge < -0.3 is 62.2 Å². The van der Waals surface area contributed by atoms with Crippen LogP contribution >= 0.6 is 71.3 Å². The third-order valence-corrected chi connectivity index (χ3v) is 28.7. The van der Waals surface area contributed by atoms with Gasteiger partial charge in [0, 0.05) is 193 Å². The van der Waals surface area contributed by atoms with Crippen molar-refractivity contribution in [1.82, 2.24) is 0 Å². The number of phenols is 1. The van der Waals surface area contributed by atoms with Crippen LogP contribution in [0.1, 0.15) is 91.9 Å². The fraction of sp³-hybridized carbons (Fsp3) is 0.571. The molecule has 0 unspecified atom stereocenters. The van der Waals surface area contributed by atoms with Gasteiger partial charge in [-0.15, -0.1) is 23.5 Å². The van der Waals surface area contributed by atoms with Crippen molar-refractivity contribution in [3.05, 3.63) is 135 Å². The van der Waals surface area contributed by atoms with Crippen molar-refractivity contribution in [2.45, 2.75) is 156 Å². The summed E-state index contributed by atoms with van der Waals surface area (Å²) in [7, 11) is -4.28. The molecule has 6 saturated heterocycles. The first-order valence-electron chi connectivity index (χ1n) is 32.6. The molecular formula is C70H96BBr3O19S5. The molecule has 0 radical (unpaired) electrons. The Balaban J connectivity index is 0.000000175. The molecule has 2 N–H and O–H groups in total. The van der Waals surface area contributed by atoms with Crippen LogP contribution in [0.4, 0.5) is 0 Å². The Labute approximate surface area is 615 Å².